The zero-order chi connectivity index (χ0) is 13.7. The number of hydrogen-bond acceptors (Lipinski definition) is 1. The van der Waals surface area contributed by atoms with Crippen LogP contribution < -0.4 is 0 Å². The first kappa shape index (κ1) is 14.4. The summed E-state index contributed by atoms with van der Waals surface area (Å²) in [5, 5.41) is 0. The van der Waals surface area contributed by atoms with E-state index in [-0.39, 0.29) is 11.7 Å². The molecular weight excluding hydrogens is 246 g/mol. The third-order valence-electron chi connectivity index (χ3n) is 3.92. The fraction of sp³-hybridized carbons (Fsp3) is 0.625. The van der Waals surface area contributed by atoms with E-state index in [1.165, 1.54) is 25.0 Å². The topological polar surface area (TPSA) is 9.23 Å². The Morgan fingerprint density at radius 3 is 2.32 bits per heavy atom. The highest BCUT2D eigenvalue weighted by atomic mass is 19.3. The molecule has 0 atom stereocenters. The van der Waals surface area contributed by atoms with Gasteiger partial charge in [-0.25, -0.2) is 0 Å². The summed E-state index contributed by atoms with van der Waals surface area (Å²) in [4.78, 5) is 0. The van der Waals surface area contributed by atoms with Crippen LogP contribution in [0.2, 0.25) is 0 Å². The summed E-state index contributed by atoms with van der Waals surface area (Å²) >= 11 is 0. The van der Waals surface area contributed by atoms with Crippen LogP contribution in [-0.2, 0) is 10.8 Å². The van der Waals surface area contributed by atoms with Gasteiger partial charge >= 0.3 is 6.11 Å². The van der Waals surface area contributed by atoms with Gasteiger partial charge in [0.15, 0.2) is 0 Å². The second kappa shape index (κ2) is 6.47. The molecule has 1 fully saturated rings. The van der Waals surface area contributed by atoms with Crippen molar-refractivity contribution in [1.29, 1.82) is 0 Å². The third-order valence-corrected chi connectivity index (χ3v) is 3.92. The van der Waals surface area contributed by atoms with Gasteiger partial charge in [0.05, 0.1) is 11.7 Å². The Morgan fingerprint density at radius 1 is 1.11 bits per heavy atom. The smallest absolute Gasteiger partial charge is 0.313 e. The zero-order valence-corrected chi connectivity index (χ0v) is 11.4. The SMILES string of the molecule is CCCC1CCC(OC(F)(F)c2ccccc2)CC1. The highest BCUT2D eigenvalue weighted by Gasteiger charge is 2.37. The number of ether oxygens (including phenoxy) is 1. The molecule has 106 valence electrons. The van der Waals surface area contributed by atoms with Crippen molar-refractivity contribution in [3.05, 3.63) is 35.9 Å². The molecule has 0 aliphatic heterocycles. The molecule has 0 saturated heterocycles. The zero-order valence-electron chi connectivity index (χ0n) is 11.4. The van der Waals surface area contributed by atoms with Gasteiger partial charge in [-0.3, -0.25) is 0 Å². The Morgan fingerprint density at radius 2 is 1.74 bits per heavy atom. The Hall–Kier alpha value is -0.960. The van der Waals surface area contributed by atoms with Crippen LogP contribution >= 0.6 is 0 Å². The first-order valence-electron chi connectivity index (χ1n) is 7.23. The van der Waals surface area contributed by atoms with E-state index in [1.54, 1.807) is 18.2 Å². The minimum atomic E-state index is -3.16. The van der Waals surface area contributed by atoms with Crippen molar-refractivity contribution in [3.8, 4) is 0 Å². The van der Waals surface area contributed by atoms with Crippen molar-refractivity contribution in [2.75, 3.05) is 0 Å². The maximum absolute atomic E-state index is 14.0. The molecule has 0 heterocycles. The maximum Gasteiger partial charge on any atom is 0.383 e. The van der Waals surface area contributed by atoms with Crippen LogP contribution in [0.3, 0.4) is 0 Å². The highest BCUT2D eigenvalue weighted by molar-refractivity contribution is 5.17. The predicted molar refractivity (Wildman–Crippen MR) is 72.1 cm³/mol. The fourth-order valence-corrected chi connectivity index (χ4v) is 2.86. The molecule has 1 aliphatic rings. The molecule has 0 N–H and O–H groups in total. The molecule has 1 nitrogen and oxygen atoms in total. The van der Waals surface area contributed by atoms with Crippen LogP contribution in [0.1, 0.15) is 51.0 Å². The van der Waals surface area contributed by atoms with Gasteiger partial charge in [0.2, 0.25) is 0 Å². The van der Waals surface area contributed by atoms with Gasteiger partial charge in [0.25, 0.3) is 0 Å². The summed E-state index contributed by atoms with van der Waals surface area (Å²) in [6.07, 6.45) is 2.47. The largest absolute Gasteiger partial charge is 0.383 e. The van der Waals surface area contributed by atoms with Crippen LogP contribution in [0.5, 0.6) is 0 Å². The number of hydrogen-bond donors (Lipinski definition) is 0. The first-order chi connectivity index (χ1) is 9.12. The van der Waals surface area contributed by atoms with Gasteiger partial charge in [-0.1, -0.05) is 50.1 Å². The minimum absolute atomic E-state index is 0.0503. The minimum Gasteiger partial charge on any atom is -0.313 e. The predicted octanol–water partition coefficient (Wildman–Crippen LogP) is 5.11. The van der Waals surface area contributed by atoms with E-state index in [0.717, 1.165) is 25.7 Å². The van der Waals surface area contributed by atoms with Crippen molar-refractivity contribution in [3.63, 3.8) is 0 Å². The van der Waals surface area contributed by atoms with E-state index in [4.69, 9.17) is 4.74 Å². The van der Waals surface area contributed by atoms with Gasteiger partial charge in [0.1, 0.15) is 0 Å². The van der Waals surface area contributed by atoms with Gasteiger partial charge in [0, 0.05) is 0 Å². The van der Waals surface area contributed by atoms with E-state index < -0.39 is 6.11 Å². The molecule has 3 heteroatoms. The summed E-state index contributed by atoms with van der Waals surface area (Å²) in [5.41, 5.74) is -0.0503. The second-order valence-corrected chi connectivity index (χ2v) is 5.43. The van der Waals surface area contributed by atoms with Crippen LogP contribution in [0.4, 0.5) is 8.78 Å². The van der Waals surface area contributed by atoms with Crippen molar-refractivity contribution in [2.24, 2.45) is 5.92 Å². The summed E-state index contributed by atoms with van der Waals surface area (Å²) in [6, 6.07) is 7.80. The molecule has 1 aliphatic carbocycles. The van der Waals surface area contributed by atoms with Crippen molar-refractivity contribution >= 4 is 0 Å². The number of alkyl halides is 2. The molecule has 0 bridgehead atoms. The van der Waals surface area contributed by atoms with Crippen LogP contribution in [0, 0.1) is 5.92 Å². The molecule has 0 spiro atoms. The Kier molecular flexibility index (Phi) is 4.92. The standard InChI is InChI=1S/C16H22F2O/c1-2-6-13-9-11-15(12-10-13)19-16(17,18)14-7-4-3-5-8-14/h3-5,7-8,13,15H,2,6,9-12H2,1H3. The molecule has 1 saturated carbocycles. The first-order valence-corrected chi connectivity index (χ1v) is 7.23. The summed E-state index contributed by atoms with van der Waals surface area (Å²) in [7, 11) is 0. The highest BCUT2D eigenvalue weighted by Crippen LogP contribution is 2.36. The van der Waals surface area contributed by atoms with E-state index in [9.17, 15) is 8.78 Å². The van der Waals surface area contributed by atoms with Crippen molar-refractivity contribution < 1.29 is 13.5 Å². The van der Waals surface area contributed by atoms with Crippen LogP contribution in [0.25, 0.3) is 0 Å². The lowest BCUT2D eigenvalue weighted by atomic mass is 9.84. The monoisotopic (exact) mass is 268 g/mol. The fourth-order valence-electron chi connectivity index (χ4n) is 2.86. The van der Waals surface area contributed by atoms with E-state index in [2.05, 4.69) is 6.92 Å². The molecule has 19 heavy (non-hydrogen) atoms. The lowest BCUT2D eigenvalue weighted by Gasteiger charge is -2.31. The van der Waals surface area contributed by atoms with Crippen LogP contribution in [0.15, 0.2) is 30.3 Å². The van der Waals surface area contributed by atoms with Gasteiger partial charge < -0.3 is 4.74 Å². The average molecular weight is 268 g/mol. The normalized spacial score (nSPS) is 24.4. The number of halogens is 2. The quantitative estimate of drug-likeness (QED) is 0.721. The molecular formula is C16H22F2O. The maximum atomic E-state index is 14.0. The Labute approximate surface area is 114 Å². The molecule has 1 aromatic rings. The van der Waals surface area contributed by atoms with E-state index in [0.29, 0.717) is 5.92 Å². The van der Waals surface area contributed by atoms with Crippen LogP contribution in [-0.4, -0.2) is 6.10 Å². The second-order valence-electron chi connectivity index (χ2n) is 5.43. The van der Waals surface area contributed by atoms with Crippen molar-refractivity contribution in [1.82, 2.24) is 0 Å². The number of rotatable bonds is 5. The Balaban J connectivity index is 1.88. The third kappa shape index (κ3) is 4.00. The lowest BCUT2D eigenvalue weighted by Crippen LogP contribution is -2.29. The van der Waals surface area contributed by atoms with Crippen molar-refractivity contribution in [2.45, 2.75) is 57.7 Å². The summed E-state index contributed by atoms with van der Waals surface area (Å²) in [5.74, 6) is 0.704. The average Bonchev–Trinajstić information content (AvgIpc) is 2.42. The molecule has 0 radical (unpaired) electrons. The van der Waals surface area contributed by atoms with Gasteiger partial charge in [-0.05, 0) is 31.6 Å². The van der Waals surface area contributed by atoms with E-state index in [1.807, 2.05) is 0 Å². The Bertz CT molecular complexity index is 370. The number of benzene rings is 1. The summed E-state index contributed by atoms with van der Waals surface area (Å²) in [6.45, 7) is 2.17. The molecule has 1 aromatic carbocycles. The van der Waals surface area contributed by atoms with E-state index >= 15 is 0 Å². The van der Waals surface area contributed by atoms with Gasteiger partial charge in [-0.15, -0.1) is 0 Å². The molecule has 0 aromatic heterocycles. The lowest BCUT2D eigenvalue weighted by molar-refractivity contribution is -0.278. The molecule has 2 rings (SSSR count). The molecule has 0 amide bonds. The summed E-state index contributed by atoms with van der Waals surface area (Å²) < 4.78 is 33.0. The van der Waals surface area contributed by atoms with Gasteiger partial charge in [-0.2, -0.15) is 8.78 Å². The molecule has 0 unspecified atom stereocenters.